The molecule has 1 amide bonds. The fourth-order valence-corrected chi connectivity index (χ4v) is 1.88. The van der Waals surface area contributed by atoms with E-state index < -0.39 is 6.10 Å². The number of hydrogen-bond acceptors (Lipinski definition) is 2. The molecule has 0 aliphatic heterocycles. The molecular formula is C16H25NO2. The number of carbonyl (C=O) groups excluding carboxylic acids is 1. The zero-order valence-corrected chi connectivity index (χ0v) is 12.2. The van der Waals surface area contributed by atoms with Crippen LogP contribution in [0.2, 0.25) is 0 Å². The van der Waals surface area contributed by atoms with Gasteiger partial charge >= 0.3 is 0 Å². The Morgan fingerprint density at radius 1 is 1.32 bits per heavy atom. The molecule has 0 unspecified atom stereocenters. The van der Waals surface area contributed by atoms with Crippen LogP contribution in [0.15, 0.2) is 24.3 Å². The highest BCUT2D eigenvalue weighted by Crippen LogP contribution is 2.15. The van der Waals surface area contributed by atoms with Crippen LogP contribution in [0, 0.1) is 6.92 Å². The number of ether oxygens (including phenoxy) is 1. The zero-order valence-electron chi connectivity index (χ0n) is 12.2. The van der Waals surface area contributed by atoms with Crippen LogP contribution < -0.4 is 10.1 Å². The molecule has 1 atom stereocenters. The molecule has 0 aliphatic rings. The molecule has 0 radical (unpaired) electrons. The predicted octanol–water partition coefficient (Wildman–Crippen LogP) is 3.46. The smallest absolute Gasteiger partial charge is 0.261 e. The first-order valence-electron chi connectivity index (χ1n) is 7.18. The van der Waals surface area contributed by atoms with Gasteiger partial charge in [0.25, 0.3) is 5.91 Å². The maximum absolute atomic E-state index is 12.0. The van der Waals surface area contributed by atoms with Crippen LogP contribution in [0.5, 0.6) is 5.75 Å². The van der Waals surface area contributed by atoms with Crippen molar-refractivity contribution in [3.05, 3.63) is 29.8 Å². The van der Waals surface area contributed by atoms with Gasteiger partial charge in [-0.1, -0.05) is 38.8 Å². The van der Waals surface area contributed by atoms with Gasteiger partial charge in [0.1, 0.15) is 5.75 Å². The topological polar surface area (TPSA) is 38.3 Å². The van der Waals surface area contributed by atoms with E-state index in [1.807, 2.05) is 38.1 Å². The second-order valence-electron chi connectivity index (χ2n) is 4.83. The summed E-state index contributed by atoms with van der Waals surface area (Å²) in [6, 6.07) is 7.79. The number of unbranched alkanes of at least 4 members (excludes halogenated alkanes) is 2. The standard InChI is InChI=1S/C16H25NO2/c1-4-6-7-11-17-16(18)15(5-2)19-14-10-8-9-13(3)12-14/h8-10,12,15H,4-7,11H2,1-3H3,(H,17,18)/t15-/m0/s1. The van der Waals surface area contributed by atoms with Crippen LogP contribution in [0.4, 0.5) is 0 Å². The number of amides is 1. The number of rotatable bonds is 8. The molecule has 0 saturated carbocycles. The number of carbonyl (C=O) groups is 1. The highest BCUT2D eigenvalue weighted by molar-refractivity contribution is 5.81. The molecule has 1 aromatic rings. The normalized spacial score (nSPS) is 11.9. The summed E-state index contributed by atoms with van der Waals surface area (Å²) in [6.07, 6.45) is 3.61. The van der Waals surface area contributed by atoms with Crippen molar-refractivity contribution in [1.82, 2.24) is 5.32 Å². The van der Waals surface area contributed by atoms with E-state index >= 15 is 0 Å². The van der Waals surface area contributed by atoms with Crippen LogP contribution in [0.25, 0.3) is 0 Å². The van der Waals surface area contributed by atoms with Crippen molar-refractivity contribution in [2.45, 2.75) is 52.6 Å². The minimum atomic E-state index is -0.400. The fourth-order valence-electron chi connectivity index (χ4n) is 1.88. The van der Waals surface area contributed by atoms with Crippen molar-refractivity contribution in [1.29, 1.82) is 0 Å². The highest BCUT2D eigenvalue weighted by atomic mass is 16.5. The summed E-state index contributed by atoms with van der Waals surface area (Å²) in [7, 11) is 0. The van der Waals surface area contributed by atoms with Gasteiger partial charge in [0.15, 0.2) is 6.10 Å². The van der Waals surface area contributed by atoms with Crippen LogP contribution in [-0.4, -0.2) is 18.6 Å². The van der Waals surface area contributed by atoms with Gasteiger partial charge in [0.2, 0.25) is 0 Å². The van der Waals surface area contributed by atoms with Gasteiger partial charge in [0, 0.05) is 6.54 Å². The predicted molar refractivity (Wildman–Crippen MR) is 78.4 cm³/mol. The molecule has 1 aromatic carbocycles. The Hall–Kier alpha value is -1.51. The molecule has 0 aliphatic carbocycles. The maximum atomic E-state index is 12.0. The van der Waals surface area contributed by atoms with Crippen LogP contribution in [0.1, 0.15) is 45.1 Å². The molecule has 0 aromatic heterocycles. The van der Waals surface area contributed by atoms with Crippen LogP contribution >= 0.6 is 0 Å². The van der Waals surface area contributed by atoms with E-state index in [1.54, 1.807) is 0 Å². The molecule has 106 valence electrons. The summed E-state index contributed by atoms with van der Waals surface area (Å²) >= 11 is 0. The van der Waals surface area contributed by atoms with E-state index in [0.717, 1.165) is 37.1 Å². The van der Waals surface area contributed by atoms with Crippen molar-refractivity contribution in [3.8, 4) is 5.75 Å². The lowest BCUT2D eigenvalue weighted by Crippen LogP contribution is -2.38. The largest absolute Gasteiger partial charge is 0.481 e. The SMILES string of the molecule is CCCCCNC(=O)[C@H](CC)Oc1cccc(C)c1. The first kappa shape index (κ1) is 15.5. The van der Waals surface area contributed by atoms with E-state index in [-0.39, 0.29) is 5.91 Å². The van der Waals surface area contributed by atoms with Crippen molar-refractivity contribution < 1.29 is 9.53 Å². The molecule has 19 heavy (non-hydrogen) atoms. The maximum Gasteiger partial charge on any atom is 0.261 e. The monoisotopic (exact) mass is 263 g/mol. The number of aryl methyl sites for hydroxylation is 1. The van der Waals surface area contributed by atoms with Crippen molar-refractivity contribution >= 4 is 5.91 Å². The molecule has 3 heteroatoms. The van der Waals surface area contributed by atoms with E-state index in [4.69, 9.17) is 4.74 Å². The average molecular weight is 263 g/mol. The molecule has 3 nitrogen and oxygen atoms in total. The van der Waals surface area contributed by atoms with E-state index in [9.17, 15) is 4.79 Å². The second kappa shape index (κ2) is 8.57. The van der Waals surface area contributed by atoms with Gasteiger partial charge in [-0.2, -0.15) is 0 Å². The van der Waals surface area contributed by atoms with Crippen molar-refractivity contribution in [3.63, 3.8) is 0 Å². The molecule has 0 saturated heterocycles. The quantitative estimate of drug-likeness (QED) is 0.729. The average Bonchev–Trinajstić information content (AvgIpc) is 2.41. The lowest BCUT2D eigenvalue weighted by Gasteiger charge is -2.17. The first-order chi connectivity index (χ1) is 9.17. The van der Waals surface area contributed by atoms with E-state index in [0.29, 0.717) is 6.42 Å². The Balaban J connectivity index is 2.46. The van der Waals surface area contributed by atoms with Crippen LogP contribution in [-0.2, 0) is 4.79 Å². The summed E-state index contributed by atoms with van der Waals surface area (Å²) in [5.74, 6) is 0.746. The molecule has 1 N–H and O–H groups in total. The lowest BCUT2D eigenvalue weighted by molar-refractivity contribution is -0.128. The Morgan fingerprint density at radius 3 is 2.74 bits per heavy atom. The third-order valence-electron chi connectivity index (χ3n) is 3.01. The highest BCUT2D eigenvalue weighted by Gasteiger charge is 2.17. The number of benzene rings is 1. The van der Waals surface area contributed by atoms with Gasteiger partial charge in [0.05, 0.1) is 0 Å². The van der Waals surface area contributed by atoms with Crippen LogP contribution in [0.3, 0.4) is 0 Å². The number of nitrogens with one attached hydrogen (secondary N) is 1. The Labute approximate surface area is 116 Å². The molecule has 0 fully saturated rings. The van der Waals surface area contributed by atoms with Crippen molar-refractivity contribution in [2.75, 3.05) is 6.54 Å². The lowest BCUT2D eigenvalue weighted by atomic mass is 10.2. The Morgan fingerprint density at radius 2 is 2.11 bits per heavy atom. The van der Waals surface area contributed by atoms with Gasteiger partial charge in [-0.25, -0.2) is 0 Å². The van der Waals surface area contributed by atoms with E-state index in [1.165, 1.54) is 0 Å². The molecular weight excluding hydrogens is 238 g/mol. The second-order valence-corrected chi connectivity index (χ2v) is 4.83. The van der Waals surface area contributed by atoms with Gasteiger partial charge < -0.3 is 10.1 Å². The van der Waals surface area contributed by atoms with Gasteiger partial charge in [-0.05, 0) is 37.5 Å². The molecule has 1 rings (SSSR count). The Kier molecular flexibility index (Phi) is 7.01. The van der Waals surface area contributed by atoms with Gasteiger partial charge in [-0.3, -0.25) is 4.79 Å². The zero-order chi connectivity index (χ0) is 14.1. The molecule has 0 bridgehead atoms. The molecule has 0 heterocycles. The fraction of sp³-hybridized carbons (Fsp3) is 0.562. The summed E-state index contributed by atoms with van der Waals surface area (Å²) in [4.78, 5) is 12.0. The van der Waals surface area contributed by atoms with Crippen molar-refractivity contribution in [2.24, 2.45) is 0 Å². The summed E-state index contributed by atoms with van der Waals surface area (Å²) in [5.41, 5.74) is 1.13. The first-order valence-corrected chi connectivity index (χ1v) is 7.18. The van der Waals surface area contributed by atoms with Gasteiger partial charge in [-0.15, -0.1) is 0 Å². The Bertz CT molecular complexity index is 390. The molecule has 0 spiro atoms. The minimum Gasteiger partial charge on any atom is -0.481 e. The third-order valence-corrected chi connectivity index (χ3v) is 3.01. The summed E-state index contributed by atoms with van der Waals surface area (Å²) in [5, 5.41) is 2.94. The number of hydrogen-bond donors (Lipinski definition) is 1. The minimum absolute atomic E-state index is 0.0138. The summed E-state index contributed by atoms with van der Waals surface area (Å²) in [6.45, 7) is 6.86. The van der Waals surface area contributed by atoms with E-state index in [2.05, 4.69) is 12.2 Å². The summed E-state index contributed by atoms with van der Waals surface area (Å²) < 4.78 is 5.75. The third kappa shape index (κ3) is 5.77.